The van der Waals surface area contributed by atoms with Crippen LogP contribution in [-0.2, 0) is 54.0 Å². The van der Waals surface area contributed by atoms with Crippen LogP contribution in [0.1, 0.15) is 101 Å². The van der Waals surface area contributed by atoms with Crippen LogP contribution in [0.4, 0.5) is 4.39 Å². The van der Waals surface area contributed by atoms with Gasteiger partial charge in [0.05, 0.1) is 40.9 Å². The van der Waals surface area contributed by atoms with Gasteiger partial charge in [0.1, 0.15) is 12.4 Å². The fraction of sp³-hybridized carbons (Fsp3) is 0.525. The first kappa shape index (κ1) is 41.5. The van der Waals surface area contributed by atoms with E-state index in [2.05, 4.69) is 16.0 Å². The number of pyridine rings is 2. The van der Waals surface area contributed by atoms with E-state index < -0.39 is 34.9 Å². The van der Waals surface area contributed by atoms with E-state index in [-0.39, 0.29) is 79.5 Å². The third kappa shape index (κ3) is 8.93. The summed E-state index contributed by atoms with van der Waals surface area (Å²) in [5.41, 5.74) is 0.988. The molecule has 2 aliphatic heterocycles. The lowest BCUT2D eigenvalue weighted by atomic mass is 9.86. The number of carbonyl (C=O) groups is 5. The molecule has 15 heteroatoms. The van der Waals surface area contributed by atoms with Gasteiger partial charge in [-0.1, -0.05) is 34.1 Å². The number of unbranched alkanes of at least 4 members (excludes halogenated alkanes) is 2. The number of aromatic nitrogens is 2. The van der Waals surface area contributed by atoms with E-state index in [0.717, 1.165) is 18.6 Å². The van der Waals surface area contributed by atoms with Crippen molar-refractivity contribution >= 4 is 52.1 Å². The van der Waals surface area contributed by atoms with E-state index in [4.69, 9.17) is 9.72 Å². The van der Waals surface area contributed by atoms with Crippen molar-refractivity contribution in [2.45, 2.75) is 111 Å². The van der Waals surface area contributed by atoms with Gasteiger partial charge in [-0.15, -0.1) is 11.8 Å². The second-order valence-electron chi connectivity index (χ2n) is 14.8. The van der Waals surface area contributed by atoms with Gasteiger partial charge in [0.25, 0.3) is 5.56 Å². The van der Waals surface area contributed by atoms with Crippen LogP contribution in [0.25, 0.3) is 22.3 Å². The van der Waals surface area contributed by atoms with E-state index >= 15 is 0 Å². The number of nitrogens with one attached hydrogen (secondary N) is 3. The Morgan fingerprint density at radius 3 is 2.49 bits per heavy atom. The number of rotatable bonds is 17. The van der Waals surface area contributed by atoms with Crippen LogP contribution in [0.2, 0.25) is 0 Å². The van der Waals surface area contributed by atoms with Crippen molar-refractivity contribution in [2.75, 3.05) is 11.6 Å². The zero-order chi connectivity index (χ0) is 40.2. The summed E-state index contributed by atoms with van der Waals surface area (Å²) >= 11 is 1.55. The van der Waals surface area contributed by atoms with Crippen molar-refractivity contribution in [1.82, 2.24) is 25.5 Å². The Morgan fingerprint density at radius 1 is 1.04 bits per heavy atom. The Bertz CT molecular complexity index is 2080. The fourth-order valence-corrected chi connectivity index (χ4v) is 7.63. The molecule has 0 radical (unpaired) electrons. The highest BCUT2D eigenvalue weighted by molar-refractivity contribution is 7.99. The highest BCUT2D eigenvalue weighted by atomic mass is 32.2. The fourth-order valence-electron chi connectivity index (χ4n) is 6.84. The van der Waals surface area contributed by atoms with Gasteiger partial charge in [-0.3, -0.25) is 24.0 Å². The molecule has 55 heavy (non-hydrogen) atoms. The number of halogens is 1. The molecule has 2 aliphatic rings. The summed E-state index contributed by atoms with van der Waals surface area (Å²) in [4.78, 5) is 80.8. The molecule has 0 fully saturated rings. The number of fused-ring (bicyclic) bond motifs is 5. The largest absolute Gasteiger partial charge is 0.458 e. The van der Waals surface area contributed by atoms with E-state index in [1.54, 1.807) is 65.4 Å². The summed E-state index contributed by atoms with van der Waals surface area (Å²) in [6.07, 6.45) is 2.61. The first-order valence-corrected chi connectivity index (χ1v) is 20.0. The first-order chi connectivity index (χ1) is 26.1. The first-order valence-electron chi connectivity index (χ1n) is 18.8. The molecule has 13 nitrogen and oxygen atoms in total. The van der Waals surface area contributed by atoms with Gasteiger partial charge in [0, 0.05) is 53.8 Å². The minimum absolute atomic E-state index is 0.00488. The number of ether oxygens (including phenoxy) is 1. The molecule has 3 atom stereocenters. The zero-order valence-corrected chi connectivity index (χ0v) is 33.0. The molecule has 3 amide bonds. The van der Waals surface area contributed by atoms with Gasteiger partial charge in [-0.05, 0) is 62.1 Å². The Balaban J connectivity index is 1.13. The summed E-state index contributed by atoms with van der Waals surface area (Å²) in [5, 5.41) is 20.4. The van der Waals surface area contributed by atoms with Crippen molar-refractivity contribution in [3.8, 4) is 11.4 Å². The highest BCUT2D eigenvalue weighted by Crippen LogP contribution is 2.40. The number of esters is 1. The van der Waals surface area contributed by atoms with Crippen molar-refractivity contribution in [3.63, 3.8) is 0 Å². The second-order valence-corrected chi connectivity index (χ2v) is 15.9. The van der Waals surface area contributed by atoms with E-state index in [9.17, 15) is 38.3 Å². The van der Waals surface area contributed by atoms with Crippen molar-refractivity contribution in [2.24, 2.45) is 11.8 Å². The van der Waals surface area contributed by atoms with Gasteiger partial charge in [-0.25, -0.2) is 14.2 Å². The van der Waals surface area contributed by atoms with Gasteiger partial charge in [0.15, 0.2) is 11.4 Å². The van der Waals surface area contributed by atoms with Crippen LogP contribution in [-0.4, -0.2) is 61.8 Å². The molecule has 0 spiro atoms. The number of aryl methyl sites for hydroxylation is 1. The van der Waals surface area contributed by atoms with Gasteiger partial charge in [-0.2, -0.15) is 0 Å². The van der Waals surface area contributed by atoms with Crippen LogP contribution in [0.15, 0.2) is 23.0 Å². The highest BCUT2D eigenvalue weighted by Gasteiger charge is 2.45. The molecule has 0 aliphatic carbocycles. The standard InChI is InChI=1S/C40H50FN5O8S/c1-7-40(53)29-15-32-35-27(18-46(32)38(51)28(29)19-54-39(40)52)26(25-13-22(4)30(41)16-31(25)45-35)17-42-34(48)11-9-8-10-12-55-20-43-37(50)23(5)14-33(47)24(6)44-36(49)21(2)3/h13,15-16,21,23-24,53H,7-12,14,17-20H2,1-6H3,(H,42,48)(H,43,50)(H,44,49)/t23-,24-,40+/m1/s1. The average Bonchev–Trinajstić information content (AvgIpc) is 3.51. The molecule has 1 aromatic carbocycles. The molecule has 4 N–H and O–H groups in total. The Morgan fingerprint density at radius 2 is 1.78 bits per heavy atom. The molecule has 3 aromatic rings. The normalized spacial score (nSPS) is 16.9. The zero-order valence-electron chi connectivity index (χ0n) is 32.2. The average molecular weight is 780 g/mol. The van der Waals surface area contributed by atoms with Crippen molar-refractivity contribution in [1.29, 1.82) is 0 Å². The molecule has 4 heterocycles. The maximum atomic E-state index is 14.8. The number of hydrogen-bond acceptors (Lipinski definition) is 10. The van der Waals surface area contributed by atoms with E-state index in [0.29, 0.717) is 51.3 Å². The Hall–Kier alpha value is -4.63. The van der Waals surface area contributed by atoms with Crippen LogP contribution < -0.4 is 21.5 Å². The van der Waals surface area contributed by atoms with Gasteiger partial charge in [0.2, 0.25) is 17.7 Å². The van der Waals surface area contributed by atoms with Crippen LogP contribution in [0, 0.1) is 24.6 Å². The number of hydrogen-bond donors (Lipinski definition) is 4. The summed E-state index contributed by atoms with van der Waals surface area (Å²) < 4.78 is 21.5. The smallest absolute Gasteiger partial charge is 0.343 e. The summed E-state index contributed by atoms with van der Waals surface area (Å²) in [6.45, 7) is 10.1. The van der Waals surface area contributed by atoms with Crippen molar-refractivity contribution < 1.29 is 38.2 Å². The number of benzene rings is 1. The minimum Gasteiger partial charge on any atom is -0.458 e. The number of thioether (sulfide) groups is 1. The number of cyclic esters (lactones) is 1. The third-order valence-corrected chi connectivity index (χ3v) is 11.3. The monoisotopic (exact) mass is 779 g/mol. The van der Waals surface area contributed by atoms with Crippen LogP contribution >= 0.6 is 11.8 Å². The molecule has 0 saturated carbocycles. The number of Topliss-reactive ketones (excluding diaryl/α,β-unsaturated/α-hetero) is 1. The predicted octanol–water partition coefficient (Wildman–Crippen LogP) is 4.27. The number of nitrogens with zero attached hydrogens (tertiary/aromatic N) is 2. The molecule has 296 valence electrons. The number of amides is 3. The molecular weight excluding hydrogens is 730 g/mol. The lowest BCUT2D eigenvalue weighted by Gasteiger charge is -2.31. The van der Waals surface area contributed by atoms with Crippen molar-refractivity contribution in [3.05, 3.63) is 62.2 Å². The molecule has 0 saturated heterocycles. The quantitative estimate of drug-likeness (QED) is 0.0686. The summed E-state index contributed by atoms with van der Waals surface area (Å²) in [5.74, 6) is -1.63. The maximum absolute atomic E-state index is 14.8. The second kappa shape index (κ2) is 17.4. The summed E-state index contributed by atoms with van der Waals surface area (Å²) in [7, 11) is 0. The number of aliphatic hydroxyl groups is 1. The lowest BCUT2D eigenvalue weighted by molar-refractivity contribution is -0.172. The maximum Gasteiger partial charge on any atom is 0.343 e. The minimum atomic E-state index is -1.98. The SMILES string of the molecule is CC[C@@]1(O)C(=O)OCc2c1cc1n(c2=O)Cc2c-1nc1cc(F)c(C)cc1c2CNC(=O)CCCCCSCNC(=O)[C@H](C)CC(=O)[C@@H](C)NC(=O)C(C)C. The van der Waals surface area contributed by atoms with E-state index in [1.807, 2.05) is 0 Å². The molecule has 0 bridgehead atoms. The Labute approximate surface area is 323 Å². The van der Waals surface area contributed by atoms with Gasteiger partial charge >= 0.3 is 5.97 Å². The summed E-state index contributed by atoms with van der Waals surface area (Å²) in [6, 6.07) is 3.97. The molecular formula is C40H50FN5O8S. The van der Waals surface area contributed by atoms with Crippen LogP contribution in [0.3, 0.4) is 0 Å². The van der Waals surface area contributed by atoms with E-state index in [1.165, 1.54) is 10.6 Å². The third-order valence-electron chi connectivity index (χ3n) is 10.4. The predicted molar refractivity (Wildman–Crippen MR) is 206 cm³/mol. The molecule has 2 aromatic heterocycles. The van der Waals surface area contributed by atoms with Crippen LogP contribution in [0.5, 0.6) is 0 Å². The molecule has 0 unspecified atom stereocenters. The molecule has 5 rings (SSSR count). The van der Waals surface area contributed by atoms with Gasteiger partial charge < -0.3 is 30.4 Å². The lowest BCUT2D eigenvalue weighted by Crippen LogP contribution is -2.44. The number of ketones is 1. The topological polar surface area (TPSA) is 186 Å². The Kier molecular flexibility index (Phi) is 13.2. The number of carbonyl (C=O) groups excluding carboxylic acids is 5.